The van der Waals surface area contributed by atoms with E-state index in [2.05, 4.69) is 64.0 Å². The Kier molecular flexibility index (Phi) is 7.92. The van der Waals surface area contributed by atoms with E-state index in [0.717, 1.165) is 23.8 Å². The van der Waals surface area contributed by atoms with Gasteiger partial charge in [-0.15, -0.1) is 0 Å². The number of nitrogens with zero attached hydrogens (tertiary/aromatic N) is 1. The average Bonchev–Trinajstić information content (AvgIpc) is 3.19. The highest BCUT2D eigenvalue weighted by Crippen LogP contribution is 2.36. The molecule has 34 heavy (non-hydrogen) atoms. The lowest BCUT2D eigenvalue weighted by Crippen LogP contribution is -2.05. The summed E-state index contributed by atoms with van der Waals surface area (Å²) in [6.45, 7) is 4.70. The Morgan fingerprint density at radius 1 is 1.03 bits per heavy atom. The lowest BCUT2D eigenvalue weighted by molar-refractivity contribution is -0.129. The first-order chi connectivity index (χ1) is 16.4. The number of aliphatic imine (C=N–C) groups is 1. The molecule has 0 saturated carbocycles. The number of carbonyl (C=O) groups is 1. The van der Waals surface area contributed by atoms with Crippen LogP contribution in [0.3, 0.4) is 0 Å². The van der Waals surface area contributed by atoms with E-state index >= 15 is 0 Å². The van der Waals surface area contributed by atoms with Crippen LogP contribution in [0.2, 0.25) is 0 Å². The van der Waals surface area contributed by atoms with Crippen LogP contribution in [-0.4, -0.2) is 19.0 Å². The van der Waals surface area contributed by atoms with E-state index in [4.69, 9.17) is 14.2 Å². The Morgan fingerprint density at radius 3 is 2.44 bits per heavy atom. The number of rotatable bonds is 7. The van der Waals surface area contributed by atoms with Crippen LogP contribution in [0.25, 0.3) is 6.08 Å². The summed E-state index contributed by atoms with van der Waals surface area (Å²) in [6.07, 6.45) is 1.70. The van der Waals surface area contributed by atoms with Gasteiger partial charge in [-0.2, -0.15) is 0 Å². The summed E-state index contributed by atoms with van der Waals surface area (Å²) in [5, 5.41) is 0. The first-order valence-corrected chi connectivity index (χ1v) is 12.9. The Labute approximate surface area is 226 Å². The van der Waals surface area contributed by atoms with E-state index in [1.165, 1.54) is 5.56 Å². The van der Waals surface area contributed by atoms with Crippen LogP contribution in [0, 0.1) is 7.14 Å². The molecule has 4 rings (SSSR count). The van der Waals surface area contributed by atoms with Gasteiger partial charge in [-0.3, -0.25) is 0 Å². The fourth-order valence-electron chi connectivity index (χ4n) is 3.43. The predicted molar refractivity (Wildman–Crippen MR) is 150 cm³/mol. The minimum atomic E-state index is -0.476. The van der Waals surface area contributed by atoms with Gasteiger partial charge in [0, 0.05) is 14.7 Å². The van der Waals surface area contributed by atoms with Gasteiger partial charge in [0.05, 0.1) is 10.7 Å². The summed E-state index contributed by atoms with van der Waals surface area (Å²) in [5.41, 5.74) is 4.11. The second kappa shape index (κ2) is 10.9. The van der Waals surface area contributed by atoms with E-state index in [0.29, 0.717) is 29.9 Å². The van der Waals surface area contributed by atoms with Crippen molar-refractivity contribution in [2.24, 2.45) is 4.99 Å². The summed E-state index contributed by atoms with van der Waals surface area (Å²) < 4.78 is 19.1. The number of benzene rings is 3. The van der Waals surface area contributed by atoms with Crippen molar-refractivity contribution < 1.29 is 19.0 Å². The molecule has 0 radical (unpaired) electrons. The molecule has 0 spiro atoms. The zero-order valence-electron chi connectivity index (χ0n) is 19.0. The topological polar surface area (TPSA) is 57.1 Å². The first kappa shape index (κ1) is 24.7. The van der Waals surface area contributed by atoms with Gasteiger partial charge in [-0.25, -0.2) is 9.79 Å². The van der Waals surface area contributed by atoms with E-state index in [9.17, 15) is 4.79 Å². The Hall–Kier alpha value is -2.40. The second-order valence-electron chi connectivity index (χ2n) is 8.03. The van der Waals surface area contributed by atoms with E-state index in [-0.39, 0.29) is 5.70 Å². The third kappa shape index (κ3) is 5.63. The molecular weight excluding hydrogens is 656 g/mol. The summed E-state index contributed by atoms with van der Waals surface area (Å²) >= 11 is 4.51. The first-order valence-electron chi connectivity index (χ1n) is 10.7. The predicted octanol–water partition coefficient (Wildman–Crippen LogP) is 6.95. The summed E-state index contributed by atoms with van der Waals surface area (Å²) in [4.78, 5) is 16.9. The number of carbonyl (C=O) groups excluding carboxylic acids is 1. The van der Waals surface area contributed by atoms with Gasteiger partial charge in [0.1, 0.15) is 6.61 Å². The molecule has 0 saturated heterocycles. The van der Waals surface area contributed by atoms with Crippen molar-refractivity contribution in [1.82, 2.24) is 0 Å². The fraction of sp³-hybridized carbons (Fsp3) is 0.185. The number of ether oxygens (including phenoxy) is 3. The maximum absolute atomic E-state index is 12.5. The van der Waals surface area contributed by atoms with Gasteiger partial charge in [0.15, 0.2) is 17.2 Å². The molecular formula is C27H23I2NO4. The summed E-state index contributed by atoms with van der Waals surface area (Å²) in [7, 11) is 1.60. The third-order valence-corrected chi connectivity index (χ3v) is 7.18. The van der Waals surface area contributed by atoms with E-state index in [1.807, 2.05) is 60.7 Å². The van der Waals surface area contributed by atoms with E-state index in [1.54, 1.807) is 13.2 Å². The maximum atomic E-state index is 12.5. The van der Waals surface area contributed by atoms with Crippen LogP contribution >= 0.6 is 45.2 Å². The van der Waals surface area contributed by atoms with Gasteiger partial charge in [-0.05, 0) is 98.6 Å². The molecule has 1 aliphatic heterocycles. The molecule has 5 nitrogen and oxygen atoms in total. The molecule has 0 amide bonds. The minimum Gasteiger partial charge on any atom is -0.493 e. The largest absolute Gasteiger partial charge is 0.493 e. The second-order valence-corrected chi connectivity index (χ2v) is 10.4. The van der Waals surface area contributed by atoms with Crippen molar-refractivity contribution in [1.29, 1.82) is 0 Å². The smallest absolute Gasteiger partial charge is 0.363 e. The zero-order chi connectivity index (χ0) is 24.2. The van der Waals surface area contributed by atoms with Gasteiger partial charge >= 0.3 is 5.97 Å². The van der Waals surface area contributed by atoms with Gasteiger partial charge in [-0.1, -0.05) is 44.2 Å². The lowest BCUT2D eigenvalue weighted by Gasteiger charge is -2.14. The monoisotopic (exact) mass is 679 g/mol. The molecule has 0 unspecified atom stereocenters. The average molecular weight is 679 g/mol. The molecule has 1 aliphatic rings. The number of esters is 1. The molecule has 1 heterocycles. The molecule has 3 aromatic rings. The highest BCUT2D eigenvalue weighted by molar-refractivity contribution is 14.1. The van der Waals surface area contributed by atoms with Gasteiger partial charge in [0.2, 0.25) is 5.90 Å². The molecule has 0 aromatic heterocycles. The van der Waals surface area contributed by atoms with Crippen LogP contribution in [0.15, 0.2) is 71.4 Å². The minimum absolute atomic E-state index is 0.244. The van der Waals surface area contributed by atoms with Gasteiger partial charge < -0.3 is 14.2 Å². The molecule has 7 heteroatoms. The SMILES string of the molecule is COc1cc(/C=C2\N=C(c3ccc(C(C)C)cc3)OC2=O)cc(I)c1OCc1ccccc1I. The third-order valence-electron chi connectivity index (χ3n) is 5.33. The van der Waals surface area contributed by atoms with Gasteiger partial charge in [0.25, 0.3) is 0 Å². The van der Waals surface area contributed by atoms with Crippen molar-refractivity contribution in [3.05, 3.63) is 95.8 Å². The fourth-order valence-corrected chi connectivity index (χ4v) is 4.75. The van der Waals surface area contributed by atoms with Crippen LogP contribution in [-0.2, 0) is 16.1 Å². The summed E-state index contributed by atoms with van der Waals surface area (Å²) in [5.74, 6) is 1.51. The highest BCUT2D eigenvalue weighted by Gasteiger charge is 2.24. The molecule has 0 aliphatic carbocycles. The number of hydrogen-bond acceptors (Lipinski definition) is 5. The van der Waals surface area contributed by atoms with Crippen molar-refractivity contribution >= 4 is 63.1 Å². The van der Waals surface area contributed by atoms with E-state index < -0.39 is 5.97 Å². The molecule has 0 atom stereocenters. The standard InChI is InChI=1S/C27H23I2NO4/c1-16(2)18-8-10-19(11-9-18)26-30-23(27(31)34-26)13-17-12-22(29)25(24(14-17)32-3)33-15-20-6-4-5-7-21(20)28/h4-14,16H,15H2,1-3H3/b23-13-. The normalized spacial score (nSPS) is 14.4. The lowest BCUT2D eigenvalue weighted by atomic mass is 10.0. The maximum Gasteiger partial charge on any atom is 0.363 e. The Morgan fingerprint density at radius 2 is 1.76 bits per heavy atom. The summed E-state index contributed by atoms with van der Waals surface area (Å²) in [6, 6.07) is 19.8. The number of hydrogen-bond donors (Lipinski definition) is 0. The molecule has 3 aromatic carbocycles. The number of halogens is 2. The Bertz CT molecular complexity index is 1280. The van der Waals surface area contributed by atoms with Crippen molar-refractivity contribution in [2.75, 3.05) is 7.11 Å². The van der Waals surface area contributed by atoms with Crippen LogP contribution < -0.4 is 9.47 Å². The van der Waals surface area contributed by atoms with Crippen LogP contribution in [0.5, 0.6) is 11.5 Å². The Balaban J connectivity index is 1.58. The zero-order valence-corrected chi connectivity index (χ0v) is 23.3. The molecule has 174 valence electrons. The highest BCUT2D eigenvalue weighted by atomic mass is 127. The molecule has 0 bridgehead atoms. The van der Waals surface area contributed by atoms with Crippen molar-refractivity contribution in [3.63, 3.8) is 0 Å². The van der Waals surface area contributed by atoms with Crippen LogP contribution in [0.4, 0.5) is 0 Å². The number of methoxy groups -OCH3 is 1. The molecule has 0 N–H and O–H groups in total. The molecule has 0 fully saturated rings. The quantitative estimate of drug-likeness (QED) is 0.154. The van der Waals surface area contributed by atoms with Crippen molar-refractivity contribution in [3.8, 4) is 11.5 Å². The van der Waals surface area contributed by atoms with Crippen molar-refractivity contribution in [2.45, 2.75) is 26.4 Å². The van der Waals surface area contributed by atoms with Crippen LogP contribution in [0.1, 0.15) is 42.0 Å². The number of cyclic esters (lactones) is 1.